The maximum atomic E-state index is 12.5. The number of hydrogen-bond donors (Lipinski definition) is 0. The van der Waals surface area contributed by atoms with Gasteiger partial charge in [0.05, 0.1) is 11.3 Å². The monoisotopic (exact) mass is 283 g/mol. The maximum absolute atomic E-state index is 12.5. The van der Waals surface area contributed by atoms with Crippen molar-refractivity contribution in [1.29, 1.82) is 0 Å². The molecule has 2 aromatic rings. The van der Waals surface area contributed by atoms with E-state index in [2.05, 4.69) is 4.99 Å². The first kappa shape index (κ1) is 13.6. The summed E-state index contributed by atoms with van der Waals surface area (Å²) in [6.45, 7) is 0. The zero-order valence-corrected chi connectivity index (χ0v) is 10.4. The first-order valence-electron chi connectivity index (χ1n) is 5.43. The number of nitrogens with zero attached hydrogens (tertiary/aromatic N) is 1. The normalized spacial score (nSPS) is 12.0. The Labute approximate surface area is 113 Å². The van der Waals surface area contributed by atoms with Crippen LogP contribution in [0.2, 0.25) is 5.02 Å². The highest BCUT2D eigenvalue weighted by molar-refractivity contribution is 6.33. The molecule has 2 rings (SSSR count). The number of halogens is 4. The third kappa shape index (κ3) is 3.58. The average molecular weight is 284 g/mol. The van der Waals surface area contributed by atoms with Gasteiger partial charge in [-0.2, -0.15) is 13.2 Å². The van der Waals surface area contributed by atoms with Crippen molar-refractivity contribution in [3.8, 4) is 0 Å². The molecule has 0 spiro atoms. The van der Waals surface area contributed by atoms with Crippen LogP contribution in [0.1, 0.15) is 11.1 Å². The van der Waals surface area contributed by atoms with Gasteiger partial charge in [-0.1, -0.05) is 35.9 Å². The van der Waals surface area contributed by atoms with Crippen LogP contribution in [0.3, 0.4) is 0 Å². The van der Waals surface area contributed by atoms with Gasteiger partial charge in [0.25, 0.3) is 0 Å². The number of aliphatic imine (C=N–C) groups is 1. The summed E-state index contributed by atoms with van der Waals surface area (Å²) in [7, 11) is 0. The van der Waals surface area contributed by atoms with Crippen LogP contribution in [-0.4, -0.2) is 6.21 Å². The molecule has 0 saturated carbocycles. The van der Waals surface area contributed by atoms with E-state index in [-0.39, 0.29) is 5.69 Å². The van der Waals surface area contributed by atoms with E-state index in [1.54, 1.807) is 24.3 Å². The lowest BCUT2D eigenvalue weighted by Gasteiger charge is -2.06. The van der Waals surface area contributed by atoms with Gasteiger partial charge in [-0.3, -0.25) is 4.99 Å². The van der Waals surface area contributed by atoms with E-state index in [4.69, 9.17) is 11.6 Å². The Morgan fingerprint density at radius 3 is 2.42 bits per heavy atom. The Hall–Kier alpha value is -1.81. The van der Waals surface area contributed by atoms with Crippen LogP contribution >= 0.6 is 11.6 Å². The highest BCUT2D eigenvalue weighted by Crippen LogP contribution is 2.31. The third-order valence-corrected chi connectivity index (χ3v) is 2.78. The molecule has 0 aliphatic heterocycles. The molecule has 5 heteroatoms. The molecule has 0 radical (unpaired) electrons. The van der Waals surface area contributed by atoms with Crippen molar-refractivity contribution in [2.45, 2.75) is 6.18 Å². The maximum Gasteiger partial charge on any atom is 0.416 e. The van der Waals surface area contributed by atoms with Crippen molar-refractivity contribution in [3.05, 3.63) is 64.7 Å². The van der Waals surface area contributed by atoms with Crippen LogP contribution in [0.5, 0.6) is 0 Å². The summed E-state index contributed by atoms with van der Waals surface area (Å²) >= 11 is 5.92. The summed E-state index contributed by atoms with van der Waals surface area (Å²) in [6, 6.07) is 11.8. The highest BCUT2D eigenvalue weighted by atomic mass is 35.5. The summed E-state index contributed by atoms with van der Waals surface area (Å²) in [5.74, 6) is 0. The zero-order valence-electron chi connectivity index (χ0n) is 9.66. The second kappa shape index (κ2) is 5.45. The Morgan fingerprint density at radius 2 is 1.74 bits per heavy atom. The Kier molecular flexibility index (Phi) is 3.90. The molecule has 0 bridgehead atoms. The van der Waals surface area contributed by atoms with E-state index in [0.717, 1.165) is 12.1 Å². The largest absolute Gasteiger partial charge is 0.416 e. The van der Waals surface area contributed by atoms with Crippen molar-refractivity contribution in [3.63, 3.8) is 0 Å². The van der Waals surface area contributed by atoms with Gasteiger partial charge < -0.3 is 0 Å². The molecule has 0 aromatic heterocycles. The molecule has 0 heterocycles. The second-order valence-electron chi connectivity index (χ2n) is 3.83. The molecule has 0 aliphatic carbocycles. The van der Waals surface area contributed by atoms with Gasteiger partial charge in [0.1, 0.15) is 0 Å². The average Bonchev–Trinajstić information content (AvgIpc) is 2.37. The van der Waals surface area contributed by atoms with Gasteiger partial charge in [0.2, 0.25) is 0 Å². The molecule has 19 heavy (non-hydrogen) atoms. The molecule has 0 fully saturated rings. The van der Waals surface area contributed by atoms with Crippen molar-refractivity contribution in [2.24, 2.45) is 4.99 Å². The fourth-order valence-electron chi connectivity index (χ4n) is 1.49. The van der Waals surface area contributed by atoms with Crippen LogP contribution in [0.4, 0.5) is 18.9 Å². The van der Waals surface area contributed by atoms with Crippen molar-refractivity contribution in [2.75, 3.05) is 0 Å². The van der Waals surface area contributed by atoms with E-state index < -0.39 is 11.7 Å². The van der Waals surface area contributed by atoms with E-state index in [0.29, 0.717) is 10.6 Å². The Bertz CT molecular complexity index is 606. The highest BCUT2D eigenvalue weighted by Gasteiger charge is 2.30. The molecule has 0 amide bonds. The number of hydrogen-bond acceptors (Lipinski definition) is 1. The zero-order chi connectivity index (χ0) is 13.9. The number of benzene rings is 2. The molecule has 0 unspecified atom stereocenters. The first-order chi connectivity index (χ1) is 8.97. The molecular weight excluding hydrogens is 275 g/mol. The summed E-state index contributed by atoms with van der Waals surface area (Å²) in [5, 5.41) is 0.498. The predicted octanol–water partition coefficient (Wildman–Crippen LogP) is 5.11. The van der Waals surface area contributed by atoms with Crippen LogP contribution < -0.4 is 0 Å². The van der Waals surface area contributed by atoms with Crippen molar-refractivity contribution in [1.82, 2.24) is 0 Å². The smallest absolute Gasteiger partial charge is 0.256 e. The second-order valence-corrected chi connectivity index (χ2v) is 4.23. The number of alkyl halides is 3. The minimum absolute atomic E-state index is 0.231. The SMILES string of the molecule is FC(F)(F)c1cccc(N=Cc2ccccc2Cl)c1. The molecule has 2 aromatic carbocycles. The van der Waals surface area contributed by atoms with Gasteiger partial charge >= 0.3 is 6.18 Å². The van der Waals surface area contributed by atoms with Crippen LogP contribution in [0, 0.1) is 0 Å². The van der Waals surface area contributed by atoms with Crippen molar-refractivity contribution < 1.29 is 13.2 Å². The van der Waals surface area contributed by atoms with Gasteiger partial charge in [-0.15, -0.1) is 0 Å². The summed E-state index contributed by atoms with van der Waals surface area (Å²) in [4.78, 5) is 4.00. The summed E-state index contributed by atoms with van der Waals surface area (Å²) in [5.41, 5.74) is 0.164. The van der Waals surface area contributed by atoms with Crippen LogP contribution in [0.15, 0.2) is 53.5 Å². The molecule has 0 atom stereocenters. The van der Waals surface area contributed by atoms with Gasteiger partial charge in [-0.05, 0) is 24.3 Å². The molecular formula is C14H9ClF3N. The molecule has 0 N–H and O–H groups in total. The van der Waals surface area contributed by atoms with E-state index >= 15 is 0 Å². The van der Waals surface area contributed by atoms with Crippen LogP contribution in [0.25, 0.3) is 0 Å². The molecule has 1 nitrogen and oxygen atoms in total. The predicted molar refractivity (Wildman–Crippen MR) is 70.2 cm³/mol. The first-order valence-corrected chi connectivity index (χ1v) is 5.80. The molecule has 0 saturated heterocycles. The lowest BCUT2D eigenvalue weighted by atomic mass is 10.2. The fourth-order valence-corrected chi connectivity index (χ4v) is 1.67. The Balaban J connectivity index is 2.27. The standard InChI is InChI=1S/C14H9ClF3N/c15-13-7-2-1-4-10(13)9-19-12-6-3-5-11(8-12)14(16,17)18/h1-9H. The lowest BCUT2D eigenvalue weighted by molar-refractivity contribution is -0.137. The van der Waals surface area contributed by atoms with Crippen molar-refractivity contribution >= 4 is 23.5 Å². The lowest BCUT2D eigenvalue weighted by Crippen LogP contribution is -2.03. The minimum atomic E-state index is -4.37. The van der Waals surface area contributed by atoms with E-state index in [1.165, 1.54) is 18.3 Å². The van der Waals surface area contributed by atoms with Crippen LogP contribution in [-0.2, 0) is 6.18 Å². The topological polar surface area (TPSA) is 12.4 Å². The summed E-state index contributed by atoms with van der Waals surface area (Å²) in [6.07, 6.45) is -2.92. The number of rotatable bonds is 2. The molecule has 0 aliphatic rings. The summed E-state index contributed by atoms with van der Waals surface area (Å²) < 4.78 is 37.6. The third-order valence-electron chi connectivity index (χ3n) is 2.43. The fraction of sp³-hybridized carbons (Fsp3) is 0.0714. The van der Waals surface area contributed by atoms with Gasteiger partial charge in [0.15, 0.2) is 0 Å². The van der Waals surface area contributed by atoms with Gasteiger partial charge in [-0.25, -0.2) is 0 Å². The Morgan fingerprint density at radius 1 is 1.00 bits per heavy atom. The van der Waals surface area contributed by atoms with E-state index in [1.807, 2.05) is 0 Å². The minimum Gasteiger partial charge on any atom is -0.256 e. The quantitative estimate of drug-likeness (QED) is 0.679. The van der Waals surface area contributed by atoms with E-state index in [9.17, 15) is 13.2 Å². The van der Waals surface area contributed by atoms with Gasteiger partial charge in [0, 0.05) is 16.8 Å². The molecule has 98 valence electrons.